The third kappa shape index (κ3) is 3.14. The third-order valence-corrected chi connectivity index (χ3v) is 5.27. The molecule has 1 aromatic heterocycles. The first-order valence-electron chi connectivity index (χ1n) is 8.87. The highest BCUT2D eigenvalue weighted by Gasteiger charge is 2.24. The van der Waals surface area contributed by atoms with E-state index in [0.29, 0.717) is 30.5 Å². The summed E-state index contributed by atoms with van der Waals surface area (Å²) in [4.78, 5) is 13.8. The van der Waals surface area contributed by atoms with Gasteiger partial charge in [0.05, 0.1) is 17.3 Å². The molecule has 1 N–H and O–H groups in total. The van der Waals surface area contributed by atoms with Gasteiger partial charge >= 0.3 is 5.97 Å². The van der Waals surface area contributed by atoms with Crippen molar-refractivity contribution in [2.45, 2.75) is 45.3 Å². The smallest absolute Gasteiger partial charge is 0.336 e. The topological polar surface area (TPSA) is 67.6 Å². The number of aryl methyl sites for hydroxylation is 1. The highest BCUT2D eigenvalue weighted by molar-refractivity contribution is 5.90. The normalized spacial score (nSPS) is 18.1. The molecule has 6 heteroatoms. The molecular weight excluding hydrogens is 318 g/mol. The number of carboxylic acids is 1. The van der Waals surface area contributed by atoms with Crippen LogP contribution in [-0.4, -0.2) is 38.9 Å². The summed E-state index contributed by atoms with van der Waals surface area (Å²) in [6.07, 6.45) is 5.88. The molecule has 25 heavy (non-hydrogen) atoms. The van der Waals surface area contributed by atoms with Gasteiger partial charge in [-0.3, -0.25) is 9.58 Å². The molecule has 1 fully saturated rings. The van der Waals surface area contributed by atoms with Gasteiger partial charge in [0, 0.05) is 37.0 Å². The van der Waals surface area contributed by atoms with E-state index in [1.807, 2.05) is 6.07 Å². The van der Waals surface area contributed by atoms with E-state index in [4.69, 9.17) is 4.74 Å². The van der Waals surface area contributed by atoms with Gasteiger partial charge in [-0.1, -0.05) is 6.07 Å². The van der Waals surface area contributed by atoms with Gasteiger partial charge in [0.15, 0.2) is 0 Å². The summed E-state index contributed by atoms with van der Waals surface area (Å²) >= 11 is 0. The maximum absolute atomic E-state index is 11.5. The highest BCUT2D eigenvalue weighted by Crippen LogP contribution is 2.32. The molecule has 1 aliphatic carbocycles. The van der Waals surface area contributed by atoms with Crippen molar-refractivity contribution in [1.82, 2.24) is 14.7 Å². The summed E-state index contributed by atoms with van der Waals surface area (Å²) in [7, 11) is 0. The summed E-state index contributed by atoms with van der Waals surface area (Å²) in [6, 6.07) is 5.79. The van der Waals surface area contributed by atoms with Gasteiger partial charge in [0.1, 0.15) is 12.4 Å². The first-order chi connectivity index (χ1) is 12.1. The first-order valence-corrected chi connectivity index (χ1v) is 8.87. The van der Waals surface area contributed by atoms with Crippen molar-refractivity contribution in [3.8, 4) is 5.75 Å². The average Bonchev–Trinajstić information content (AvgIpc) is 2.75. The standard InChI is InChI=1S/C19H23N3O3/c1-13-14(11-22(20-13)15-4-2-5-15)10-21-8-9-25-18-7-3-6-16(19(23)24)17(18)12-21/h3,6-7,11,15H,2,4-5,8-10,12H2,1H3,(H,23,24). The van der Waals surface area contributed by atoms with Crippen LogP contribution in [0.25, 0.3) is 0 Å². The molecule has 0 unspecified atom stereocenters. The molecule has 0 atom stereocenters. The molecule has 0 spiro atoms. The number of rotatable bonds is 4. The molecule has 1 aromatic carbocycles. The number of nitrogens with zero attached hydrogens (tertiary/aromatic N) is 3. The Labute approximate surface area is 147 Å². The zero-order chi connectivity index (χ0) is 17.4. The van der Waals surface area contributed by atoms with Crippen molar-refractivity contribution in [3.63, 3.8) is 0 Å². The molecule has 0 bridgehead atoms. The van der Waals surface area contributed by atoms with Gasteiger partial charge in [-0.05, 0) is 38.3 Å². The van der Waals surface area contributed by atoms with Crippen LogP contribution in [0.15, 0.2) is 24.4 Å². The van der Waals surface area contributed by atoms with E-state index < -0.39 is 5.97 Å². The van der Waals surface area contributed by atoms with Crippen LogP contribution in [0.4, 0.5) is 0 Å². The minimum absolute atomic E-state index is 0.325. The number of hydrogen-bond donors (Lipinski definition) is 1. The SMILES string of the molecule is Cc1nn(C2CCC2)cc1CN1CCOc2cccc(C(=O)O)c2C1. The summed E-state index contributed by atoms with van der Waals surface area (Å²) in [5.41, 5.74) is 3.36. The van der Waals surface area contributed by atoms with E-state index in [2.05, 4.69) is 27.8 Å². The van der Waals surface area contributed by atoms with E-state index >= 15 is 0 Å². The van der Waals surface area contributed by atoms with Crippen LogP contribution in [0.5, 0.6) is 5.75 Å². The van der Waals surface area contributed by atoms with Gasteiger partial charge in [-0.2, -0.15) is 5.10 Å². The van der Waals surface area contributed by atoms with E-state index in [1.165, 1.54) is 24.8 Å². The molecule has 0 amide bonds. The lowest BCUT2D eigenvalue weighted by Gasteiger charge is -2.25. The lowest BCUT2D eigenvalue weighted by atomic mass is 9.93. The minimum Gasteiger partial charge on any atom is -0.492 e. The largest absolute Gasteiger partial charge is 0.492 e. The summed E-state index contributed by atoms with van der Waals surface area (Å²) in [5, 5.41) is 14.1. The number of benzene rings is 1. The number of hydrogen-bond acceptors (Lipinski definition) is 4. The van der Waals surface area contributed by atoms with Crippen LogP contribution < -0.4 is 4.74 Å². The van der Waals surface area contributed by atoms with Crippen LogP contribution >= 0.6 is 0 Å². The van der Waals surface area contributed by atoms with Crippen molar-refractivity contribution < 1.29 is 14.6 Å². The van der Waals surface area contributed by atoms with Gasteiger partial charge in [-0.15, -0.1) is 0 Å². The number of aromatic nitrogens is 2. The number of carboxylic acid groups (broad SMARTS) is 1. The second-order valence-electron chi connectivity index (χ2n) is 6.95. The summed E-state index contributed by atoms with van der Waals surface area (Å²) in [5.74, 6) is -0.222. The van der Waals surface area contributed by atoms with Crippen molar-refractivity contribution in [2.24, 2.45) is 0 Å². The Kier molecular flexibility index (Phi) is 4.21. The molecule has 2 heterocycles. The predicted octanol–water partition coefficient (Wildman–Crippen LogP) is 3.01. The molecule has 4 rings (SSSR count). The predicted molar refractivity (Wildman–Crippen MR) is 92.9 cm³/mol. The third-order valence-electron chi connectivity index (χ3n) is 5.27. The lowest BCUT2D eigenvalue weighted by molar-refractivity contribution is 0.0694. The van der Waals surface area contributed by atoms with Crippen molar-refractivity contribution in [2.75, 3.05) is 13.2 Å². The molecule has 0 radical (unpaired) electrons. The van der Waals surface area contributed by atoms with E-state index in [-0.39, 0.29) is 0 Å². The van der Waals surface area contributed by atoms with E-state index in [9.17, 15) is 9.90 Å². The minimum atomic E-state index is -0.906. The Morgan fingerprint density at radius 3 is 2.96 bits per heavy atom. The van der Waals surface area contributed by atoms with E-state index in [0.717, 1.165) is 24.3 Å². The molecule has 1 saturated carbocycles. The second kappa shape index (κ2) is 6.52. The van der Waals surface area contributed by atoms with Crippen LogP contribution in [0.2, 0.25) is 0 Å². The van der Waals surface area contributed by atoms with Gasteiger partial charge < -0.3 is 9.84 Å². The average molecular weight is 341 g/mol. The zero-order valence-electron chi connectivity index (χ0n) is 14.4. The number of carbonyl (C=O) groups is 1. The van der Waals surface area contributed by atoms with Crippen LogP contribution in [-0.2, 0) is 13.1 Å². The zero-order valence-corrected chi connectivity index (χ0v) is 14.4. The van der Waals surface area contributed by atoms with Crippen LogP contribution in [0.1, 0.15) is 52.5 Å². The number of ether oxygens (including phenoxy) is 1. The Morgan fingerprint density at radius 1 is 1.40 bits per heavy atom. The van der Waals surface area contributed by atoms with Crippen molar-refractivity contribution >= 4 is 5.97 Å². The lowest BCUT2D eigenvalue weighted by Crippen LogP contribution is -2.26. The molecule has 2 aromatic rings. The molecule has 6 nitrogen and oxygen atoms in total. The van der Waals surface area contributed by atoms with Gasteiger partial charge in [0.2, 0.25) is 0 Å². The van der Waals surface area contributed by atoms with Crippen molar-refractivity contribution in [1.29, 1.82) is 0 Å². The Morgan fingerprint density at radius 2 is 2.24 bits per heavy atom. The van der Waals surface area contributed by atoms with Crippen LogP contribution in [0, 0.1) is 6.92 Å². The van der Waals surface area contributed by atoms with Gasteiger partial charge in [0.25, 0.3) is 0 Å². The maximum atomic E-state index is 11.5. The Balaban J connectivity index is 1.56. The Hall–Kier alpha value is -2.34. The molecule has 1 aliphatic heterocycles. The highest BCUT2D eigenvalue weighted by atomic mass is 16.5. The first kappa shape index (κ1) is 16.1. The molecule has 132 valence electrons. The summed E-state index contributed by atoms with van der Waals surface area (Å²) < 4.78 is 7.89. The fraction of sp³-hybridized carbons (Fsp3) is 0.474. The molecule has 2 aliphatic rings. The van der Waals surface area contributed by atoms with Crippen molar-refractivity contribution in [3.05, 3.63) is 46.8 Å². The van der Waals surface area contributed by atoms with Crippen LogP contribution in [0.3, 0.4) is 0 Å². The number of aromatic carboxylic acids is 1. The fourth-order valence-electron chi connectivity index (χ4n) is 3.54. The molecule has 0 saturated heterocycles. The molecular formula is C19H23N3O3. The summed E-state index contributed by atoms with van der Waals surface area (Å²) in [6.45, 7) is 4.71. The monoisotopic (exact) mass is 341 g/mol. The maximum Gasteiger partial charge on any atom is 0.336 e. The number of fused-ring (bicyclic) bond motifs is 1. The fourth-order valence-corrected chi connectivity index (χ4v) is 3.54. The van der Waals surface area contributed by atoms with Gasteiger partial charge in [-0.25, -0.2) is 4.79 Å². The quantitative estimate of drug-likeness (QED) is 0.926. The second-order valence-corrected chi connectivity index (χ2v) is 6.95. The van der Waals surface area contributed by atoms with E-state index in [1.54, 1.807) is 12.1 Å². The Bertz CT molecular complexity index is 795.